The Morgan fingerprint density at radius 1 is 1.03 bits per heavy atom. The minimum atomic E-state index is -0.596. The summed E-state index contributed by atoms with van der Waals surface area (Å²) in [5, 5.41) is 0. The third-order valence-corrected chi connectivity index (χ3v) is 4.39. The molecular weight excluding hydrogens is 378 g/mol. The van der Waals surface area contributed by atoms with Crippen LogP contribution in [0, 0.1) is 0 Å². The molecule has 0 N–H and O–H groups in total. The van der Waals surface area contributed by atoms with Gasteiger partial charge in [-0.3, -0.25) is 0 Å². The average Bonchev–Trinajstić information content (AvgIpc) is 2.63. The SMILES string of the molecule is CCOC(=O)C1=C(C)N(C)Cc2c(OC(=O)N(C)C)cc(OC(=O)N(C)C)cc21. The normalized spacial score (nSPS) is 12.9. The zero-order valence-electron chi connectivity index (χ0n) is 17.9. The van der Waals surface area contributed by atoms with Gasteiger partial charge in [-0.2, -0.15) is 0 Å². The van der Waals surface area contributed by atoms with Gasteiger partial charge in [0.05, 0.1) is 12.2 Å². The number of nitrogens with zero attached hydrogens (tertiary/aromatic N) is 3. The van der Waals surface area contributed by atoms with Gasteiger partial charge in [0.25, 0.3) is 0 Å². The van der Waals surface area contributed by atoms with Crippen molar-refractivity contribution < 1.29 is 28.6 Å². The third-order valence-electron chi connectivity index (χ3n) is 4.39. The van der Waals surface area contributed by atoms with Gasteiger partial charge in [-0.15, -0.1) is 0 Å². The molecule has 0 unspecified atom stereocenters. The van der Waals surface area contributed by atoms with Gasteiger partial charge >= 0.3 is 18.2 Å². The van der Waals surface area contributed by atoms with Crippen LogP contribution in [0.15, 0.2) is 17.8 Å². The van der Waals surface area contributed by atoms with Crippen LogP contribution in [0.5, 0.6) is 11.5 Å². The van der Waals surface area contributed by atoms with E-state index in [1.807, 2.05) is 11.9 Å². The topological polar surface area (TPSA) is 88.6 Å². The molecule has 0 fully saturated rings. The lowest BCUT2D eigenvalue weighted by Crippen LogP contribution is -2.29. The Hall–Kier alpha value is -3.23. The van der Waals surface area contributed by atoms with E-state index in [4.69, 9.17) is 14.2 Å². The summed E-state index contributed by atoms with van der Waals surface area (Å²) in [5.74, 6) is -0.133. The molecule has 0 saturated heterocycles. The minimum absolute atomic E-state index is 0.156. The molecule has 1 aromatic carbocycles. The Morgan fingerprint density at radius 2 is 1.62 bits per heavy atom. The first-order chi connectivity index (χ1) is 13.6. The van der Waals surface area contributed by atoms with Gasteiger partial charge in [0.2, 0.25) is 0 Å². The van der Waals surface area contributed by atoms with Crippen LogP contribution in [-0.2, 0) is 16.1 Å². The summed E-state index contributed by atoms with van der Waals surface area (Å²) in [4.78, 5) is 41.3. The molecule has 29 heavy (non-hydrogen) atoms. The summed E-state index contributed by atoms with van der Waals surface area (Å²) in [7, 11) is 8.05. The smallest absolute Gasteiger partial charge is 0.414 e. The van der Waals surface area contributed by atoms with Gasteiger partial charge in [0.15, 0.2) is 0 Å². The molecule has 0 radical (unpaired) electrons. The number of rotatable bonds is 4. The lowest BCUT2D eigenvalue weighted by Gasteiger charge is -2.31. The van der Waals surface area contributed by atoms with Crippen molar-refractivity contribution in [1.29, 1.82) is 0 Å². The van der Waals surface area contributed by atoms with Gasteiger partial charge in [-0.1, -0.05) is 0 Å². The molecule has 2 rings (SSSR count). The Balaban J connectivity index is 2.65. The number of fused-ring (bicyclic) bond motifs is 1. The first kappa shape index (κ1) is 22.1. The Kier molecular flexibility index (Phi) is 6.73. The average molecular weight is 405 g/mol. The van der Waals surface area contributed by atoms with Crippen LogP contribution >= 0.6 is 0 Å². The van der Waals surface area contributed by atoms with Gasteiger partial charge in [0.1, 0.15) is 11.5 Å². The highest BCUT2D eigenvalue weighted by Gasteiger charge is 2.30. The van der Waals surface area contributed by atoms with Crippen molar-refractivity contribution in [2.24, 2.45) is 0 Å². The maximum Gasteiger partial charge on any atom is 0.414 e. The highest BCUT2D eigenvalue weighted by Crippen LogP contribution is 2.40. The number of carbonyl (C=O) groups excluding carboxylic acids is 3. The molecule has 0 aliphatic carbocycles. The van der Waals surface area contributed by atoms with Crippen LogP contribution in [-0.4, -0.2) is 74.7 Å². The quantitative estimate of drug-likeness (QED) is 0.711. The summed E-state index contributed by atoms with van der Waals surface area (Å²) in [6, 6.07) is 3.06. The molecule has 2 amide bonds. The van der Waals surface area contributed by atoms with Crippen molar-refractivity contribution in [2.75, 3.05) is 41.8 Å². The van der Waals surface area contributed by atoms with Crippen LogP contribution < -0.4 is 9.47 Å². The fourth-order valence-corrected chi connectivity index (χ4v) is 2.74. The number of benzene rings is 1. The summed E-state index contributed by atoms with van der Waals surface area (Å²) in [5.41, 5.74) is 2.17. The Morgan fingerprint density at radius 3 is 2.17 bits per heavy atom. The van der Waals surface area contributed by atoms with E-state index in [9.17, 15) is 14.4 Å². The number of carbonyl (C=O) groups is 3. The molecule has 1 aliphatic rings. The number of hydrogen-bond donors (Lipinski definition) is 0. The zero-order valence-corrected chi connectivity index (χ0v) is 17.9. The standard InChI is InChI=1S/C20H27N3O6/c1-8-27-18(24)17-12(2)23(7)11-15-14(17)9-13(28-19(25)21(3)4)10-16(15)29-20(26)22(5)6/h9-10H,8,11H2,1-7H3. The summed E-state index contributed by atoms with van der Waals surface area (Å²) in [6.07, 6.45) is -1.18. The van der Waals surface area contributed by atoms with Gasteiger partial charge < -0.3 is 28.9 Å². The van der Waals surface area contributed by atoms with Crippen molar-refractivity contribution in [2.45, 2.75) is 20.4 Å². The van der Waals surface area contributed by atoms with Crippen molar-refractivity contribution in [3.8, 4) is 11.5 Å². The molecule has 1 aliphatic heterocycles. The van der Waals surface area contributed by atoms with Crippen LogP contribution in [0.25, 0.3) is 5.57 Å². The first-order valence-electron chi connectivity index (χ1n) is 9.11. The fraction of sp³-hybridized carbons (Fsp3) is 0.450. The van der Waals surface area contributed by atoms with Crippen LogP contribution in [0.1, 0.15) is 25.0 Å². The number of ether oxygens (including phenoxy) is 3. The molecule has 0 spiro atoms. The minimum Gasteiger partial charge on any atom is -0.462 e. The maximum atomic E-state index is 12.7. The molecular formula is C20H27N3O6. The number of amides is 2. The number of hydrogen-bond acceptors (Lipinski definition) is 7. The van der Waals surface area contributed by atoms with E-state index in [1.165, 1.54) is 15.9 Å². The van der Waals surface area contributed by atoms with Crippen molar-refractivity contribution in [1.82, 2.24) is 14.7 Å². The highest BCUT2D eigenvalue weighted by atomic mass is 16.6. The predicted octanol–water partition coefficient (Wildman–Crippen LogP) is 2.55. The molecule has 1 heterocycles. The van der Waals surface area contributed by atoms with E-state index < -0.39 is 18.2 Å². The van der Waals surface area contributed by atoms with E-state index in [0.29, 0.717) is 28.9 Å². The van der Waals surface area contributed by atoms with Crippen LogP contribution in [0.3, 0.4) is 0 Å². The second-order valence-electron chi connectivity index (χ2n) is 7.01. The third kappa shape index (κ3) is 4.79. The monoisotopic (exact) mass is 405 g/mol. The molecule has 0 saturated carbocycles. The zero-order chi connectivity index (χ0) is 21.9. The first-order valence-corrected chi connectivity index (χ1v) is 9.11. The van der Waals surface area contributed by atoms with E-state index in [2.05, 4.69) is 0 Å². The van der Waals surface area contributed by atoms with Gasteiger partial charge in [0, 0.05) is 64.7 Å². The molecule has 158 valence electrons. The second kappa shape index (κ2) is 8.85. The van der Waals surface area contributed by atoms with E-state index >= 15 is 0 Å². The Bertz CT molecular complexity index is 860. The maximum absolute atomic E-state index is 12.7. The number of allylic oxidation sites excluding steroid dienone is 1. The van der Waals surface area contributed by atoms with Crippen molar-refractivity contribution in [3.63, 3.8) is 0 Å². The van der Waals surface area contributed by atoms with Crippen LogP contribution in [0.2, 0.25) is 0 Å². The van der Waals surface area contributed by atoms with E-state index in [1.54, 1.807) is 48.1 Å². The summed E-state index contributed by atoms with van der Waals surface area (Å²) >= 11 is 0. The molecule has 0 bridgehead atoms. The molecule has 9 nitrogen and oxygen atoms in total. The molecule has 0 aromatic heterocycles. The molecule has 1 aromatic rings. The van der Waals surface area contributed by atoms with Gasteiger partial charge in [-0.05, 0) is 19.9 Å². The summed E-state index contributed by atoms with van der Waals surface area (Å²) < 4.78 is 16.1. The van der Waals surface area contributed by atoms with Crippen molar-refractivity contribution in [3.05, 3.63) is 29.0 Å². The molecule has 9 heteroatoms. The summed E-state index contributed by atoms with van der Waals surface area (Å²) in [6.45, 7) is 4.15. The second-order valence-corrected chi connectivity index (χ2v) is 7.01. The van der Waals surface area contributed by atoms with E-state index in [-0.39, 0.29) is 18.1 Å². The van der Waals surface area contributed by atoms with Crippen molar-refractivity contribution >= 4 is 23.7 Å². The highest BCUT2D eigenvalue weighted by molar-refractivity contribution is 6.18. The lowest BCUT2D eigenvalue weighted by atomic mass is 9.92. The lowest BCUT2D eigenvalue weighted by molar-refractivity contribution is -0.136. The Labute approximate surface area is 170 Å². The fourth-order valence-electron chi connectivity index (χ4n) is 2.74. The van der Waals surface area contributed by atoms with E-state index in [0.717, 1.165) is 0 Å². The predicted molar refractivity (Wildman–Crippen MR) is 107 cm³/mol. The van der Waals surface area contributed by atoms with Gasteiger partial charge in [-0.25, -0.2) is 14.4 Å². The largest absolute Gasteiger partial charge is 0.462 e. The number of esters is 1. The van der Waals surface area contributed by atoms with Crippen LogP contribution in [0.4, 0.5) is 9.59 Å². The molecule has 0 atom stereocenters.